The zero-order valence-corrected chi connectivity index (χ0v) is 9.25. The van der Waals surface area contributed by atoms with E-state index in [1.165, 1.54) is 6.07 Å². The van der Waals surface area contributed by atoms with Crippen molar-refractivity contribution in [3.8, 4) is 0 Å². The minimum Gasteiger partial charge on any atom is -0.225 e. The lowest BCUT2D eigenvalue weighted by atomic mass is 10.3. The van der Waals surface area contributed by atoms with Crippen LogP contribution in [0.1, 0.15) is 0 Å². The molecule has 0 aromatic heterocycles. The fraction of sp³-hybridized carbons (Fsp3) is 0. The topological polar surface area (TPSA) is 60.2 Å². The van der Waals surface area contributed by atoms with Crippen LogP contribution in [-0.4, -0.2) is 8.42 Å². The number of rotatable bonds is 1. The van der Waals surface area contributed by atoms with Gasteiger partial charge in [-0.25, -0.2) is 17.9 Å². The van der Waals surface area contributed by atoms with Crippen LogP contribution in [0, 0.1) is 5.82 Å². The van der Waals surface area contributed by atoms with Crippen molar-refractivity contribution in [2.45, 2.75) is 4.90 Å². The number of benzene rings is 1. The van der Waals surface area contributed by atoms with E-state index >= 15 is 0 Å². The molecule has 0 saturated carbocycles. The summed E-state index contributed by atoms with van der Waals surface area (Å²) in [5, 5.41) is 4.44. The van der Waals surface area contributed by atoms with Gasteiger partial charge in [-0.1, -0.05) is 11.6 Å². The second-order valence-electron chi connectivity index (χ2n) is 2.22. The molecule has 1 rings (SSSR count). The van der Waals surface area contributed by atoms with Crippen molar-refractivity contribution in [3.05, 3.63) is 27.4 Å². The Hall–Kier alpha value is -0.170. The lowest BCUT2D eigenvalue weighted by molar-refractivity contribution is 0.568. The molecule has 2 N–H and O–H groups in total. The van der Waals surface area contributed by atoms with Crippen molar-refractivity contribution < 1.29 is 12.8 Å². The molecule has 0 spiro atoms. The zero-order valence-electron chi connectivity index (χ0n) is 6.09. The van der Waals surface area contributed by atoms with Crippen LogP contribution in [0.2, 0.25) is 5.02 Å². The van der Waals surface area contributed by atoms with E-state index in [2.05, 4.69) is 15.9 Å². The minimum atomic E-state index is -4.05. The Balaban J connectivity index is 3.53. The van der Waals surface area contributed by atoms with Crippen molar-refractivity contribution >= 4 is 37.6 Å². The number of hydrogen-bond donors (Lipinski definition) is 1. The lowest BCUT2D eigenvalue weighted by Crippen LogP contribution is -2.14. The van der Waals surface area contributed by atoms with Gasteiger partial charge in [0.1, 0.15) is 4.90 Å². The second kappa shape index (κ2) is 3.53. The Morgan fingerprint density at radius 1 is 1.46 bits per heavy atom. The van der Waals surface area contributed by atoms with Crippen molar-refractivity contribution in [2.24, 2.45) is 5.14 Å². The summed E-state index contributed by atoms with van der Waals surface area (Å²) in [6.45, 7) is 0. The summed E-state index contributed by atoms with van der Waals surface area (Å²) in [6.07, 6.45) is 0. The lowest BCUT2D eigenvalue weighted by Gasteiger charge is -2.02. The van der Waals surface area contributed by atoms with E-state index in [0.717, 1.165) is 6.07 Å². The Bertz CT molecular complexity index is 448. The fourth-order valence-electron chi connectivity index (χ4n) is 0.728. The van der Waals surface area contributed by atoms with Crippen LogP contribution >= 0.6 is 27.5 Å². The molecular weight excluding hydrogens is 284 g/mol. The summed E-state index contributed by atoms with van der Waals surface area (Å²) in [7, 11) is -4.05. The molecule has 0 aliphatic heterocycles. The van der Waals surface area contributed by atoms with Crippen LogP contribution in [0.3, 0.4) is 0 Å². The number of nitrogens with two attached hydrogens (primary N) is 1. The van der Waals surface area contributed by atoms with Gasteiger partial charge in [0.05, 0.1) is 5.02 Å². The van der Waals surface area contributed by atoms with Gasteiger partial charge in [0.2, 0.25) is 10.0 Å². The average molecular weight is 289 g/mol. The molecular formula is C6H4BrClFNO2S. The molecule has 0 radical (unpaired) electrons. The first kappa shape index (κ1) is 10.9. The van der Waals surface area contributed by atoms with Gasteiger partial charge in [0.15, 0.2) is 5.82 Å². The molecule has 0 fully saturated rings. The maximum Gasteiger partial charge on any atom is 0.241 e. The number of primary sulfonamides is 1. The fourth-order valence-corrected chi connectivity index (χ4v) is 1.86. The second-order valence-corrected chi connectivity index (χ2v) is 4.98. The number of sulfonamides is 1. The van der Waals surface area contributed by atoms with Crippen molar-refractivity contribution in [2.75, 3.05) is 0 Å². The van der Waals surface area contributed by atoms with E-state index in [9.17, 15) is 12.8 Å². The largest absolute Gasteiger partial charge is 0.241 e. The highest BCUT2D eigenvalue weighted by atomic mass is 79.9. The molecule has 1 aromatic carbocycles. The molecule has 0 bridgehead atoms. The maximum atomic E-state index is 13.1. The highest BCUT2D eigenvalue weighted by Crippen LogP contribution is 2.28. The molecule has 0 unspecified atom stereocenters. The van der Waals surface area contributed by atoms with Gasteiger partial charge in [0.25, 0.3) is 0 Å². The van der Waals surface area contributed by atoms with E-state index in [4.69, 9.17) is 16.7 Å². The first-order chi connectivity index (χ1) is 5.84. The Morgan fingerprint density at radius 2 is 2.00 bits per heavy atom. The highest BCUT2D eigenvalue weighted by molar-refractivity contribution is 9.10. The summed E-state index contributed by atoms with van der Waals surface area (Å²) < 4.78 is 35.0. The van der Waals surface area contributed by atoms with Crippen molar-refractivity contribution in [1.29, 1.82) is 0 Å². The molecule has 0 aliphatic rings. The van der Waals surface area contributed by atoms with Crippen LogP contribution in [0.15, 0.2) is 21.5 Å². The SMILES string of the molecule is NS(=O)(=O)c1ccc(Br)c(Cl)c1F. The van der Waals surface area contributed by atoms with Gasteiger partial charge in [0, 0.05) is 4.47 Å². The van der Waals surface area contributed by atoms with Gasteiger partial charge >= 0.3 is 0 Å². The Kier molecular flexibility index (Phi) is 2.96. The minimum absolute atomic E-state index is 0.277. The van der Waals surface area contributed by atoms with Crippen molar-refractivity contribution in [1.82, 2.24) is 0 Å². The molecule has 7 heteroatoms. The van der Waals surface area contributed by atoms with Gasteiger partial charge in [-0.15, -0.1) is 0 Å². The molecule has 13 heavy (non-hydrogen) atoms. The summed E-state index contributed by atoms with van der Waals surface area (Å²) in [5.41, 5.74) is 0. The standard InChI is InChI=1S/C6H4BrClFNO2S/c7-3-1-2-4(13(10,11)12)6(9)5(3)8/h1-2H,(H2,10,11,12). The number of hydrogen-bond acceptors (Lipinski definition) is 2. The van der Waals surface area contributed by atoms with E-state index in [1.807, 2.05) is 0 Å². The Morgan fingerprint density at radius 3 is 2.46 bits per heavy atom. The van der Waals surface area contributed by atoms with E-state index in [1.54, 1.807) is 0 Å². The summed E-state index contributed by atoms with van der Waals surface area (Å²) in [6, 6.07) is 2.35. The van der Waals surface area contributed by atoms with Gasteiger partial charge < -0.3 is 0 Å². The summed E-state index contributed by atoms with van der Waals surface area (Å²) >= 11 is 8.39. The normalized spacial score (nSPS) is 11.7. The van der Waals surface area contributed by atoms with E-state index in [-0.39, 0.29) is 9.50 Å². The van der Waals surface area contributed by atoms with Crippen molar-refractivity contribution in [3.63, 3.8) is 0 Å². The first-order valence-corrected chi connectivity index (χ1v) is 5.72. The third-order valence-electron chi connectivity index (χ3n) is 1.31. The van der Waals surface area contributed by atoms with Gasteiger partial charge in [-0.2, -0.15) is 0 Å². The van der Waals surface area contributed by atoms with Crippen LogP contribution in [0.4, 0.5) is 4.39 Å². The molecule has 0 heterocycles. The third kappa shape index (κ3) is 2.19. The maximum absolute atomic E-state index is 13.1. The molecule has 1 aromatic rings. The summed E-state index contributed by atoms with van der Waals surface area (Å²) in [4.78, 5) is -0.610. The average Bonchev–Trinajstić information content (AvgIpc) is 1.98. The molecule has 0 aliphatic carbocycles. The summed E-state index contributed by atoms with van der Waals surface area (Å²) in [5.74, 6) is -1.04. The van der Waals surface area contributed by atoms with Crippen LogP contribution in [0.5, 0.6) is 0 Å². The smallest absolute Gasteiger partial charge is 0.225 e. The zero-order chi connectivity index (χ0) is 10.2. The van der Waals surface area contributed by atoms with Crippen LogP contribution < -0.4 is 5.14 Å². The van der Waals surface area contributed by atoms with Gasteiger partial charge in [-0.05, 0) is 28.1 Å². The highest BCUT2D eigenvalue weighted by Gasteiger charge is 2.18. The van der Waals surface area contributed by atoms with Crippen LogP contribution in [0.25, 0.3) is 0 Å². The predicted octanol–water partition coefficient (Wildman–Crippen LogP) is 1.89. The quantitative estimate of drug-likeness (QED) is 0.802. The van der Waals surface area contributed by atoms with E-state index < -0.39 is 20.7 Å². The molecule has 0 atom stereocenters. The number of halogens is 3. The predicted molar refractivity (Wildman–Crippen MR) is 50.5 cm³/mol. The molecule has 0 amide bonds. The molecule has 0 saturated heterocycles. The molecule has 3 nitrogen and oxygen atoms in total. The monoisotopic (exact) mass is 287 g/mol. The van der Waals surface area contributed by atoms with E-state index in [0.29, 0.717) is 0 Å². The van der Waals surface area contributed by atoms with Crippen LogP contribution in [-0.2, 0) is 10.0 Å². The third-order valence-corrected chi connectivity index (χ3v) is 3.49. The molecule has 72 valence electrons. The Labute approximate surface area is 87.9 Å². The first-order valence-electron chi connectivity index (χ1n) is 3.00. The van der Waals surface area contributed by atoms with Gasteiger partial charge in [-0.3, -0.25) is 0 Å².